The number of aromatic nitrogens is 2. The summed E-state index contributed by atoms with van der Waals surface area (Å²) < 4.78 is 5.29. The van der Waals surface area contributed by atoms with Crippen LogP contribution in [0.2, 0.25) is 0 Å². The molecular formula is C13H24N4O. The second-order valence-corrected chi connectivity index (χ2v) is 4.57. The monoisotopic (exact) mass is 252 g/mol. The molecule has 0 aliphatic rings. The maximum atomic E-state index is 5.90. The zero-order valence-corrected chi connectivity index (χ0v) is 11.8. The fourth-order valence-corrected chi connectivity index (χ4v) is 1.51. The van der Waals surface area contributed by atoms with Gasteiger partial charge in [-0.25, -0.2) is 9.97 Å². The van der Waals surface area contributed by atoms with Gasteiger partial charge in [-0.1, -0.05) is 13.8 Å². The van der Waals surface area contributed by atoms with Crippen LogP contribution < -0.4 is 11.1 Å². The largest absolute Gasteiger partial charge is 0.383 e. The topological polar surface area (TPSA) is 73.1 Å². The molecular weight excluding hydrogens is 228 g/mol. The lowest BCUT2D eigenvalue weighted by Gasteiger charge is -2.13. The number of nitrogens with one attached hydrogen (secondary N) is 1. The highest BCUT2D eigenvalue weighted by Gasteiger charge is 2.10. The number of hydrogen-bond donors (Lipinski definition) is 2. The molecule has 1 heterocycles. The molecule has 0 atom stereocenters. The van der Waals surface area contributed by atoms with Gasteiger partial charge < -0.3 is 15.8 Å². The molecule has 1 rings (SSSR count). The Hall–Kier alpha value is -1.36. The van der Waals surface area contributed by atoms with Crippen molar-refractivity contribution in [3.05, 3.63) is 11.4 Å². The Morgan fingerprint density at radius 3 is 2.67 bits per heavy atom. The van der Waals surface area contributed by atoms with Crippen LogP contribution in [0.15, 0.2) is 0 Å². The van der Waals surface area contributed by atoms with Crippen LogP contribution in [-0.4, -0.2) is 29.7 Å². The number of ether oxygens (including phenoxy) is 1. The first-order chi connectivity index (χ1) is 8.56. The first-order valence-electron chi connectivity index (χ1n) is 6.51. The van der Waals surface area contributed by atoms with Crippen LogP contribution in [-0.2, 0) is 4.74 Å². The molecule has 18 heavy (non-hydrogen) atoms. The van der Waals surface area contributed by atoms with Crippen molar-refractivity contribution >= 4 is 11.6 Å². The van der Waals surface area contributed by atoms with E-state index >= 15 is 0 Å². The first-order valence-corrected chi connectivity index (χ1v) is 6.51. The number of nitrogen functional groups attached to an aromatic ring is 1. The Morgan fingerprint density at radius 1 is 1.33 bits per heavy atom. The first kappa shape index (κ1) is 14.7. The maximum absolute atomic E-state index is 5.90. The van der Waals surface area contributed by atoms with Crippen LogP contribution in [0.25, 0.3) is 0 Å². The van der Waals surface area contributed by atoms with Crippen LogP contribution in [0.4, 0.5) is 11.6 Å². The predicted octanol–water partition coefficient (Wildman–Crippen LogP) is 2.33. The third-order valence-corrected chi connectivity index (χ3v) is 2.68. The summed E-state index contributed by atoms with van der Waals surface area (Å²) in [6, 6.07) is 0. The summed E-state index contributed by atoms with van der Waals surface area (Å²) in [6.07, 6.45) is 0.953. The van der Waals surface area contributed by atoms with E-state index < -0.39 is 0 Å². The SMILES string of the molecule is CCOCCCNc1nc(C(C)C)nc(N)c1C. The molecule has 3 N–H and O–H groups in total. The zero-order valence-electron chi connectivity index (χ0n) is 11.8. The van der Waals surface area contributed by atoms with Gasteiger partial charge in [0.15, 0.2) is 0 Å². The van der Waals surface area contributed by atoms with Crippen molar-refractivity contribution in [3.8, 4) is 0 Å². The summed E-state index contributed by atoms with van der Waals surface area (Å²) in [4.78, 5) is 8.80. The van der Waals surface area contributed by atoms with Gasteiger partial charge in [0.1, 0.15) is 17.5 Å². The molecule has 0 radical (unpaired) electrons. The second kappa shape index (κ2) is 7.16. The Bertz CT molecular complexity index is 379. The van der Waals surface area contributed by atoms with Crippen LogP contribution in [0.5, 0.6) is 0 Å². The molecule has 0 bridgehead atoms. The van der Waals surface area contributed by atoms with Crippen LogP contribution in [0, 0.1) is 6.92 Å². The van der Waals surface area contributed by atoms with Crippen molar-refractivity contribution in [3.63, 3.8) is 0 Å². The Kier molecular flexibility index (Phi) is 5.85. The lowest BCUT2D eigenvalue weighted by atomic mass is 10.2. The Labute approximate surface area is 109 Å². The molecule has 5 nitrogen and oxygen atoms in total. The van der Waals surface area contributed by atoms with Gasteiger partial charge in [-0.2, -0.15) is 0 Å². The summed E-state index contributed by atoms with van der Waals surface area (Å²) in [7, 11) is 0. The highest BCUT2D eigenvalue weighted by Crippen LogP contribution is 2.20. The van der Waals surface area contributed by atoms with E-state index in [1.165, 1.54) is 0 Å². The van der Waals surface area contributed by atoms with E-state index in [0.29, 0.717) is 5.82 Å². The lowest BCUT2D eigenvalue weighted by Crippen LogP contribution is -2.12. The van der Waals surface area contributed by atoms with E-state index in [-0.39, 0.29) is 5.92 Å². The normalized spacial score (nSPS) is 10.9. The molecule has 0 aliphatic carbocycles. The van der Waals surface area contributed by atoms with Crippen LogP contribution >= 0.6 is 0 Å². The number of nitrogens with two attached hydrogens (primary N) is 1. The predicted molar refractivity (Wildman–Crippen MR) is 74.9 cm³/mol. The van der Waals surface area contributed by atoms with E-state index in [4.69, 9.17) is 10.5 Å². The number of hydrogen-bond acceptors (Lipinski definition) is 5. The molecule has 0 spiro atoms. The minimum Gasteiger partial charge on any atom is -0.383 e. The van der Waals surface area contributed by atoms with Gasteiger partial charge in [0.2, 0.25) is 0 Å². The van der Waals surface area contributed by atoms with Crippen molar-refractivity contribution in [2.75, 3.05) is 30.8 Å². The minimum absolute atomic E-state index is 0.275. The number of rotatable bonds is 7. The smallest absolute Gasteiger partial charge is 0.135 e. The van der Waals surface area contributed by atoms with Gasteiger partial charge in [0.25, 0.3) is 0 Å². The van der Waals surface area contributed by atoms with Gasteiger partial charge >= 0.3 is 0 Å². The van der Waals surface area contributed by atoms with Crippen molar-refractivity contribution in [2.24, 2.45) is 0 Å². The van der Waals surface area contributed by atoms with Gasteiger partial charge in [-0.15, -0.1) is 0 Å². The minimum atomic E-state index is 0.275. The van der Waals surface area contributed by atoms with Crippen LogP contribution in [0.3, 0.4) is 0 Å². The average Bonchev–Trinajstić information content (AvgIpc) is 2.33. The molecule has 0 unspecified atom stereocenters. The summed E-state index contributed by atoms with van der Waals surface area (Å²) in [5.41, 5.74) is 6.81. The fourth-order valence-electron chi connectivity index (χ4n) is 1.51. The Morgan fingerprint density at radius 2 is 2.06 bits per heavy atom. The van der Waals surface area contributed by atoms with Crippen LogP contribution in [0.1, 0.15) is 44.5 Å². The third-order valence-electron chi connectivity index (χ3n) is 2.68. The highest BCUT2D eigenvalue weighted by molar-refractivity contribution is 5.54. The third kappa shape index (κ3) is 4.14. The van der Waals surface area contributed by atoms with Crippen molar-refractivity contribution in [2.45, 2.75) is 40.0 Å². The van der Waals surface area contributed by atoms with Gasteiger partial charge in [0, 0.05) is 31.2 Å². The van der Waals surface area contributed by atoms with E-state index in [1.807, 2.05) is 13.8 Å². The van der Waals surface area contributed by atoms with Crippen molar-refractivity contribution < 1.29 is 4.74 Å². The van der Waals surface area contributed by atoms with E-state index in [2.05, 4.69) is 29.1 Å². The summed E-state index contributed by atoms with van der Waals surface area (Å²) in [5, 5.41) is 3.30. The standard InChI is InChI=1S/C13H24N4O/c1-5-18-8-6-7-15-13-10(4)11(14)16-12(17-13)9(2)3/h9H,5-8H2,1-4H3,(H3,14,15,16,17). The summed E-state index contributed by atoms with van der Waals surface area (Å²) >= 11 is 0. The molecule has 0 fully saturated rings. The summed E-state index contributed by atoms with van der Waals surface area (Å²) in [6.45, 7) is 10.4. The van der Waals surface area contributed by atoms with E-state index in [1.54, 1.807) is 0 Å². The molecule has 0 saturated carbocycles. The van der Waals surface area contributed by atoms with Gasteiger partial charge in [0.05, 0.1) is 0 Å². The van der Waals surface area contributed by atoms with Crippen molar-refractivity contribution in [1.82, 2.24) is 9.97 Å². The fraction of sp³-hybridized carbons (Fsp3) is 0.692. The molecule has 1 aromatic rings. The maximum Gasteiger partial charge on any atom is 0.135 e. The molecule has 1 aromatic heterocycles. The number of anilines is 2. The van der Waals surface area contributed by atoms with E-state index in [9.17, 15) is 0 Å². The van der Waals surface area contributed by atoms with Gasteiger partial charge in [-0.3, -0.25) is 0 Å². The highest BCUT2D eigenvalue weighted by atomic mass is 16.5. The lowest BCUT2D eigenvalue weighted by molar-refractivity contribution is 0.147. The average molecular weight is 252 g/mol. The quantitative estimate of drug-likeness (QED) is 0.729. The second-order valence-electron chi connectivity index (χ2n) is 4.57. The Balaban J connectivity index is 2.63. The number of nitrogens with zero attached hydrogens (tertiary/aromatic N) is 2. The van der Waals surface area contributed by atoms with Crippen molar-refractivity contribution in [1.29, 1.82) is 0 Å². The zero-order chi connectivity index (χ0) is 13.5. The van der Waals surface area contributed by atoms with Gasteiger partial charge in [-0.05, 0) is 20.3 Å². The van der Waals surface area contributed by atoms with E-state index in [0.717, 1.165) is 43.4 Å². The molecule has 0 amide bonds. The molecule has 102 valence electrons. The molecule has 0 aliphatic heterocycles. The molecule has 0 saturated heterocycles. The molecule has 0 aromatic carbocycles. The molecule has 5 heteroatoms. The summed E-state index contributed by atoms with van der Waals surface area (Å²) in [5.74, 6) is 2.45.